The molecular weight excluding hydrogens is 238 g/mol. The first kappa shape index (κ1) is 13.7. The highest BCUT2D eigenvalue weighted by molar-refractivity contribution is 7.10. The first-order valence-corrected chi connectivity index (χ1v) is 6.27. The Hall–Kier alpha value is -1.36. The van der Waals surface area contributed by atoms with Gasteiger partial charge in [0.2, 0.25) is 0 Å². The average molecular weight is 255 g/mol. The van der Waals surface area contributed by atoms with Gasteiger partial charge >= 0.3 is 6.09 Å². The van der Waals surface area contributed by atoms with E-state index in [-0.39, 0.29) is 12.5 Å². The zero-order valence-electron chi connectivity index (χ0n) is 10.2. The Morgan fingerprint density at radius 1 is 1.59 bits per heavy atom. The number of hydrogen-bond donors (Lipinski definition) is 1. The van der Waals surface area contributed by atoms with Gasteiger partial charge in [0.25, 0.3) is 0 Å². The SMILES string of the molecule is CC(C)(C)OC(=O)N[C@H](CC=O)c1cccs1. The molecule has 17 heavy (non-hydrogen) atoms. The number of amides is 1. The van der Waals surface area contributed by atoms with Gasteiger partial charge in [-0.05, 0) is 32.2 Å². The maximum absolute atomic E-state index is 11.6. The maximum Gasteiger partial charge on any atom is 0.408 e. The highest BCUT2D eigenvalue weighted by atomic mass is 32.1. The first-order chi connectivity index (χ1) is 7.92. The summed E-state index contributed by atoms with van der Waals surface area (Å²) in [5.74, 6) is 0. The molecule has 1 aromatic rings. The lowest BCUT2D eigenvalue weighted by Crippen LogP contribution is -2.34. The topological polar surface area (TPSA) is 55.4 Å². The van der Waals surface area contributed by atoms with Crippen LogP contribution in [0.1, 0.15) is 38.1 Å². The normalized spacial score (nSPS) is 12.9. The van der Waals surface area contributed by atoms with Crippen LogP contribution in [-0.2, 0) is 9.53 Å². The zero-order valence-corrected chi connectivity index (χ0v) is 11.0. The first-order valence-electron chi connectivity index (χ1n) is 5.39. The predicted octanol–water partition coefficient (Wildman–Crippen LogP) is 2.90. The van der Waals surface area contributed by atoms with E-state index in [1.165, 1.54) is 11.3 Å². The van der Waals surface area contributed by atoms with Crippen LogP contribution in [0.15, 0.2) is 17.5 Å². The molecule has 0 radical (unpaired) electrons. The second-order valence-corrected chi connectivity index (χ2v) is 5.60. The van der Waals surface area contributed by atoms with Crippen molar-refractivity contribution >= 4 is 23.7 Å². The molecule has 0 saturated carbocycles. The lowest BCUT2D eigenvalue weighted by molar-refractivity contribution is -0.108. The van der Waals surface area contributed by atoms with Crippen molar-refractivity contribution in [2.24, 2.45) is 0 Å². The van der Waals surface area contributed by atoms with Crippen molar-refractivity contribution in [1.82, 2.24) is 5.32 Å². The Bertz CT molecular complexity index is 368. The molecule has 0 fully saturated rings. The van der Waals surface area contributed by atoms with E-state index in [9.17, 15) is 9.59 Å². The van der Waals surface area contributed by atoms with Crippen LogP contribution < -0.4 is 5.32 Å². The minimum atomic E-state index is -0.536. The van der Waals surface area contributed by atoms with Crippen LogP contribution in [0.3, 0.4) is 0 Å². The van der Waals surface area contributed by atoms with Gasteiger partial charge in [0.15, 0.2) is 0 Å². The molecule has 1 atom stereocenters. The molecule has 0 aliphatic rings. The van der Waals surface area contributed by atoms with Gasteiger partial charge in [-0.1, -0.05) is 6.07 Å². The van der Waals surface area contributed by atoms with Gasteiger partial charge in [-0.3, -0.25) is 0 Å². The largest absolute Gasteiger partial charge is 0.444 e. The fourth-order valence-corrected chi connectivity index (χ4v) is 2.07. The zero-order chi connectivity index (χ0) is 12.9. The van der Waals surface area contributed by atoms with Gasteiger partial charge in [0.05, 0.1) is 6.04 Å². The Morgan fingerprint density at radius 2 is 2.29 bits per heavy atom. The fourth-order valence-electron chi connectivity index (χ4n) is 1.28. The molecule has 0 spiro atoms. The van der Waals surface area contributed by atoms with E-state index in [1.54, 1.807) is 20.8 Å². The molecule has 94 valence electrons. The van der Waals surface area contributed by atoms with Crippen LogP contribution >= 0.6 is 11.3 Å². The van der Waals surface area contributed by atoms with Crippen molar-refractivity contribution in [3.05, 3.63) is 22.4 Å². The molecule has 0 saturated heterocycles. The summed E-state index contributed by atoms with van der Waals surface area (Å²) in [7, 11) is 0. The quantitative estimate of drug-likeness (QED) is 0.842. The lowest BCUT2D eigenvalue weighted by atomic mass is 10.2. The second kappa shape index (κ2) is 5.82. The van der Waals surface area contributed by atoms with Gasteiger partial charge in [0.1, 0.15) is 11.9 Å². The van der Waals surface area contributed by atoms with Crippen molar-refractivity contribution in [3.63, 3.8) is 0 Å². The summed E-state index contributed by atoms with van der Waals surface area (Å²) in [6.45, 7) is 5.39. The number of thiophene rings is 1. The number of rotatable bonds is 4. The molecule has 0 aromatic carbocycles. The number of alkyl carbamates (subject to hydrolysis) is 1. The Labute approximate surface area is 105 Å². The number of hydrogen-bond acceptors (Lipinski definition) is 4. The maximum atomic E-state index is 11.6. The van der Waals surface area contributed by atoms with Crippen LogP contribution in [-0.4, -0.2) is 18.0 Å². The minimum Gasteiger partial charge on any atom is -0.444 e. The number of aldehydes is 1. The lowest BCUT2D eigenvalue weighted by Gasteiger charge is -2.22. The summed E-state index contributed by atoms with van der Waals surface area (Å²) in [5, 5.41) is 4.60. The molecule has 4 nitrogen and oxygen atoms in total. The van der Waals surface area contributed by atoms with E-state index < -0.39 is 11.7 Å². The van der Waals surface area contributed by atoms with Gasteiger partial charge in [0, 0.05) is 11.3 Å². The van der Waals surface area contributed by atoms with E-state index in [0.717, 1.165) is 11.2 Å². The van der Waals surface area contributed by atoms with Crippen molar-refractivity contribution in [2.45, 2.75) is 38.8 Å². The number of carbonyl (C=O) groups is 2. The summed E-state index contributed by atoms with van der Waals surface area (Å²) in [6.07, 6.45) is 0.541. The summed E-state index contributed by atoms with van der Waals surface area (Å²) in [5.41, 5.74) is -0.536. The van der Waals surface area contributed by atoms with E-state index in [0.29, 0.717) is 0 Å². The molecule has 1 N–H and O–H groups in total. The molecule has 0 unspecified atom stereocenters. The molecule has 5 heteroatoms. The summed E-state index contributed by atoms with van der Waals surface area (Å²) >= 11 is 1.50. The Kier molecular flexibility index (Phi) is 4.69. The Balaban J connectivity index is 2.62. The highest BCUT2D eigenvalue weighted by Gasteiger charge is 2.20. The summed E-state index contributed by atoms with van der Waals surface area (Å²) in [6, 6.07) is 3.47. The minimum absolute atomic E-state index is 0.250. The van der Waals surface area contributed by atoms with Gasteiger partial charge in [-0.2, -0.15) is 0 Å². The smallest absolute Gasteiger partial charge is 0.408 e. The number of carbonyl (C=O) groups excluding carboxylic acids is 2. The third kappa shape index (κ3) is 4.99. The highest BCUT2D eigenvalue weighted by Crippen LogP contribution is 2.21. The van der Waals surface area contributed by atoms with Gasteiger partial charge < -0.3 is 14.8 Å². The molecule has 0 aliphatic heterocycles. The third-order valence-electron chi connectivity index (χ3n) is 1.91. The van der Waals surface area contributed by atoms with Crippen molar-refractivity contribution in [1.29, 1.82) is 0 Å². The van der Waals surface area contributed by atoms with Crippen LogP contribution in [0.25, 0.3) is 0 Å². The van der Waals surface area contributed by atoms with Crippen LogP contribution in [0.4, 0.5) is 4.79 Å². The van der Waals surface area contributed by atoms with Crippen molar-refractivity contribution in [2.75, 3.05) is 0 Å². The average Bonchev–Trinajstić information content (AvgIpc) is 2.66. The van der Waals surface area contributed by atoms with E-state index >= 15 is 0 Å². The predicted molar refractivity (Wildman–Crippen MR) is 67.1 cm³/mol. The second-order valence-electron chi connectivity index (χ2n) is 4.62. The molecule has 1 aromatic heterocycles. The standard InChI is InChI=1S/C12H17NO3S/c1-12(2,3)16-11(15)13-9(6-7-14)10-5-4-8-17-10/h4-5,7-9H,6H2,1-3H3,(H,13,15)/t9-/m1/s1. The summed E-state index contributed by atoms with van der Waals surface area (Å²) in [4.78, 5) is 23.1. The molecule has 0 bridgehead atoms. The fraction of sp³-hybridized carbons (Fsp3) is 0.500. The van der Waals surface area contributed by atoms with Crippen LogP contribution in [0, 0.1) is 0 Å². The van der Waals surface area contributed by atoms with E-state index in [1.807, 2.05) is 17.5 Å². The van der Waals surface area contributed by atoms with Gasteiger partial charge in [-0.15, -0.1) is 11.3 Å². The Morgan fingerprint density at radius 3 is 2.76 bits per heavy atom. The van der Waals surface area contributed by atoms with E-state index in [2.05, 4.69) is 5.32 Å². The molecule has 1 rings (SSSR count). The van der Waals surface area contributed by atoms with Crippen LogP contribution in [0.5, 0.6) is 0 Å². The number of nitrogens with one attached hydrogen (secondary N) is 1. The third-order valence-corrected chi connectivity index (χ3v) is 2.90. The van der Waals surface area contributed by atoms with Crippen molar-refractivity contribution < 1.29 is 14.3 Å². The molecule has 1 amide bonds. The van der Waals surface area contributed by atoms with Gasteiger partial charge in [-0.25, -0.2) is 4.79 Å². The molecule has 0 aliphatic carbocycles. The van der Waals surface area contributed by atoms with Crippen LogP contribution in [0.2, 0.25) is 0 Å². The van der Waals surface area contributed by atoms with E-state index in [4.69, 9.17) is 4.74 Å². The number of ether oxygens (including phenoxy) is 1. The monoisotopic (exact) mass is 255 g/mol. The van der Waals surface area contributed by atoms with Crippen molar-refractivity contribution in [3.8, 4) is 0 Å². The molecule has 1 heterocycles. The molecular formula is C12H17NO3S. The summed E-state index contributed by atoms with van der Waals surface area (Å²) < 4.78 is 5.15.